The molecule has 6 heteroatoms. The Hall–Kier alpha value is -0.690. The van der Waals surface area contributed by atoms with Gasteiger partial charge in [0.15, 0.2) is 0 Å². The SMILES string of the molecule is COCCN1CCN(C(CN2CCC(N3CCCCC3)CC2)c2ccc(Cl)cc2)CC1. The van der Waals surface area contributed by atoms with Crippen LogP contribution in [-0.2, 0) is 4.74 Å². The van der Waals surface area contributed by atoms with Crippen molar-refractivity contribution in [1.82, 2.24) is 19.6 Å². The van der Waals surface area contributed by atoms with E-state index in [1.165, 1.54) is 63.8 Å². The summed E-state index contributed by atoms with van der Waals surface area (Å²) < 4.78 is 5.27. The molecule has 0 bridgehead atoms. The highest BCUT2D eigenvalue weighted by Crippen LogP contribution is 2.27. The number of methoxy groups -OCH3 is 1. The molecule has 0 aliphatic carbocycles. The molecule has 0 spiro atoms. The third-order valence-corrected chi connectivity index (χ3v) is 7.86. The van der Waals surface area contributed by atoms with Gasteiger partial charge in [-0.2, -0.15) is 0 Å². The first kappa shape index (κ1) is 23.5. The van der Waals surface area contributed by atoms with Crippen molar-refractivity contribution in [3.63, 3.8) is 0 Å². The highest BCUT2D eigenvalue weighted by molar-refractivity contribution is 6.30. The molecule has 1 atom stereocenters. The first-order valence-electron chi connectivity index (χ1n) is 12.4. The van der Waals surface area contributed by atoms with Crippen molar-refractivity contribution >= 4 is 11.6 Å². The van der Waals surface area contributed by atoms with Gasteiger partial charge in [-0.25, -0.2) is 0 Å². The minimum atomic E-state index is 0.452. The summed E-state index contributed by atoms with van der Waals surface area (Å²) >= 11 is 6.20. The highest BCUT2D eigenvalue weighted by Gasteiger charge is 2.30. The third kappa shape index (κ3) is 6.66. The number of hydrogen-bond donors (Lipinski definition) is 0. The number of nitrogens with zero attached hydrogens (tertiary/aromatic N) is 4. The summed E-state index contributed by atoms with van der Waals surface area (Å²) in [5, 5.41) is 0.828. The standard InChI is InChI=1S/C25H41ClN4O/c1-31-20-19-27-15-17-30(18-16-27)25(22-5-7-23(26)8-6-22)21-28-13-9-24(10-14-28)29-11-3-2-4-12-29/h5-8,24-25H,2-4,9-21H2,1H3. The second kappa shape index (κ2) is 12.0. The summed E-state index contributed by atoms with van der Waals surface area (Å²) in [6.07, 6.45) is 6.89. The number of piperidine rings is 2. The number of halogens is 1. The Morgan fingerprint density at radius 2 is 1.55 bits per heavy atom. The molecule has 1 aromatic carbocycles. The van der Waals surface area contributed by atoms with Crippen molar-refractivity contribution in [3.05, 3.63) is 34.9 Å². The molecule has 0 saturated carbocycles. The normalized spacial score (nSPS) is 24.5. The number of hydrogen-bond acceptors (Lipinski definition) is 5. The monoisotopic (exact) mass is 448 g/mol. The van der Waals surface area contributed by atoms with Crippen LogP contribution in [0.1, 0.15) is 43.7 Å². The second-order valence-corrected chi connectivity index (χ2v) is 10.0. The van der Waals surface area contributed by atoms with Crippen molar-refractivity contribution in [1.29, 1.82) is 0 Å². The van der Waals surface area contributed by atoms with E-state index >= 15 is 0 Å². The van der Waals surface area contributed by atoms with Crippen LogP contribution in [0.25, 0.3) is 0 Å². The molecule has 3 saturated heterocycles. The number of likely N-dealkylation sites (tertiary alicyclic amines) is 2. The fraction of sp³-hybridized carbons (Fsp3) is 0.760. The van der Waals surface area contributed by atoms with Gasteiger partial charge in [0, 0.05) is 63.5 Å². The molecule has 3 heterocycles. The van der Waals surface area contributed by atoms with Crippen LogP contribution < -0.4 is 0 Å². The fourth-order valence-corrected chi connectivity index (χ4v) is 5.76. The molecular formula is C25H41ClN4O. The number of rotatable bonds is 8. The van der Waals surface area contributed by atoms with Crippen molar-refractivity contribution in [3.8, 4) is 0 Å². The van der Waals surface area contributed by atoms with E-state index in [1.54, 1.807) is 7.11 Å². The zero-order valence-corrected chi connectivity index (χ0v) is 20.1. The third-order valence-electron chi connectivity index (χ3n) is 7.61. The highest BCUT2D eigenvalue weighted by atomic mass is 35.5. The van der Waals surface area contributed by atoms with E-state index in [0.29, 0.717) is 6.04 Å². The molecule has 0 aromatic heterocycles. The molecule has 4 rings (SSSR count). The Bertz CT molecular complexity index is 635. The summed E-state index contributed by atoms with van der Waals surface area (Å²) in [4.78, 5) is 10.7. The lowest BCUT2D eigenvalue weighted by molar-refractivity contribution is 0.0445. The average Bonchev–Trinajstić information content (AvgIpc) is 2.83. The lowest BCUT2D eigenvalue weighted by atomic mass is 9.98. The minimum Gasteiger partial charge on any atom is -0.383 e. The Labute approximate surface area is 194 Å². The second-order valence-electron chi connectivity index (χ2n) is 9.57. The molecule has 3 fully saturated rings. The molecule has 3 aliphatic heterocycles. The zero-order chi connectivity index (χ0) is 21.5. The predicted octanol–water partition coefficient (Wildman–Crippen LogP) is 3.60. The van der Waals surface area contributed by atoms with Crippen molar-refractivity contribution in [2.24, 2.45) is 0 Å². The summed E-state index contributed by atoms with van der Waals surface area (Å²) in [5.74, 6) is 0. The van der Waals surface area contributed by atoms with Gasteiger partial charge in [-0.1, -0.05) is 30.2 Å². The van der Waals surface area contributed by atoms with Crippen molar-refractivity contribution in [2.45, 2.75) is 44.2 Å². The zero-order valence-electron chi connectivity index (χ0n) is 19.4. The average molecular weight is 449 g/mol. The smallest absolute Gasteiger partial charge is 0.0589 e. The van der Waals surface area contributed by atoms with Crippen LogP contribution in [-0.4, -0.2) is 105 Å². The number of piperazine rings is 1. The first-order chi connectivity index (χ1) is 15.2. The maximum absolute atomic E-state index is 6.20. The van der Waals surface area contributed by atoms with E-state index < -0.39 is 0 Å². The largest absolute Gasteiger partial charge is 0.383 e. The van der Waals surface area contributed by atoms with Crippen LogP contribution in [0.2, 0.25) is 5.02 Å². The molecule has 0 N–H and O–H groups in total. The van der Waals surface area contributed by atoms with Gasteiger partial charge in [-0.05, 0) is 69.6 Å². The van der Waals surface area contributed by atoms with E-state index in [9.17, 15) is 0 Å². The minimum absolute atomic E-state index is 0.452. The van der Waals surface area contributed by atoms with Gasteiger partial charge in [0.05, 0.1) is 6.61 Å². The lowest BCUT2D eigenvalue weighted by Gasteiger charge is -2.44. The molecule has 5 nitrogen and oxygen atoms in total. The quantitative estimate of drug-likeness (QED) is 0.604. The van der Waals surface area contributed by atoms with Gasteiger partial charge >= 0.3 is 0 Å². The van der Waals surface area contributed by atoms with Gasteiger partial charge in [0.25, 0.3) is 0 Å². The van der Waals surface area contributed by atoms with Gasteiger partial charge in [-0.3, -0.25) is 9.80 Å². The Morgan fingerprint density at radius 3 is 2.19 bits per heavy atom. The Balaban J connectivity index is 1.35. The molecule has 1 unspecified atom stereocenters. The Kier molecular flexibility index (Phi) is 9.06. The predicted molar refractivity (Wildman–Crippen MR) is 129 cm³/mol. The van der Waals surface area contributed by atoms with Crippen LogP contribution in [0.15, 0.2) is 24.3 Å². The van der Waals surface area contributed by atoms with Gasteiger partial charge < -0.3 is 14.5 Å². The molecule has 174 valence electrons. The summed E-state index contributed by atoms with van der Waals surface area (Å²) in [6, 6.07) is 9.86. The van der Waals surface area contributed by atoms with Crippen LogP contribution in [0.3, 0.4) is 0 Å². The number of ether oxygens (including phenoxy) is 1. The molecule has 0 amide bonds. The maximum Gasteiger partial charge on any atom is 0.0589 e. The number of benzene rings is 1. The van der Waals surface area contributed by atoms with E-state index in [0.717, 1.165) is 56.9 Å². The molecular weight excluding hydrogens is 408 g/mol. The maximum atomic E-state index is 6.20. The van der Waals surface area contributed by atoms with Crippen molar-refractivity contribution in [2.75, 3.05) is 79.2 Å². The van der Waals surface area contributed by atoms with Gasteiger partial charge in [0.2, 0.25) is 0 Å². The van der Waals surface area contributed by atoms with Crippen LogP contribution in [0, 0.1) is 0 Å². The van der Waals surface area contributed by atoms with Crippen LogP contribution in [0.4, 0.5) is 0 Å². The van der Waals surface area contributed by atoms with Crippen LogP contribution >= 0.6 is 11.6 Å². The Morgan fingerprint density at radius 1 is 0.871 bits per heavy atom. The van der Waals surface area contributed by atoms with Crippen LogP contribution in [0.5, 0.6) is 0 Å². The summed E-state index contributed by atoms with van der Waals surface area (Å²) in [7, 11) is 1.79. The summed E-state index contributed by atoms with van der Waals surface area (Å²) in [6.45, 7) is 12.6. The molecule has 31 heavy (non-hydrogen) atoms. The van der Waals surface area contributed by atoms with Gasteiger partial charge in [-0.15, -0.1) is 0 Å². The van der Waals surface area contributed by atoms with E-state index in [2.05, 4.69) is 43.9 Å². The molecule has 0 radical (unpaired) electrons. The van der Waals surface area contributed by atoms with E-state index in [-0.39, 0.29) is 0 Å². The lowest BCUT2D eigenvalue weighted by Crippen LogP contribution is -2.52. The van der Waals surface area contributed by atoms with Gasteiger partial charge in [0.1, 0.15) is 0 Å². The molecule has 3 aliphatic rings. The topological polar surface area (TPSA) is 22.2 Å². The molecule has 1 aromatic rings. The van der Waals surface area contributed by atoms with E-state index in [4.69, 9.17) is 16.3 Å². The summed E-state index contributed by atoms with van der Waals surface area (Å²) in [5.41, 5.74) is 1.41. The van der Waals surface area contributed by atoms with Crippen molar-refractivity contribution < 1.29 is 4.74 Å². The fourth-order valence-electron chi connectivity index (χ4n) is 5.63. The first-order valence-corrected chi connectivity index (χ1v) is 12.8. The van der Waals surface area contributed by atoms with E-state index in [1.807, 2.05) is 0 Å².